The molecule has 2 aliphatic heterocycles. The third-order valence-electron chi connectivity index (χ3n) is 8.12. The summed E-state index contributed by atoms with van der Waals surface area (Å²) >= 11 is 0. The maximum atomic E-state index is 14.0. The minimum absolute atomic E-state index is 0.0163. The molecule has 2 aromatic heterocycles. The fourth-order valence-corrected chi connectivity index (χ4v) is 5.74. The van der Waals surface area contributed by atoms with E-state index in [4.69, 9.17) is 15.6 Å². The van der Waals surface area contributed by atoms with Crippen molar-refractivity contribution in [3.05, 3.63) is 83.5 Å². The van der Waals surface area contributed by atoms with Crippen molar-refractivity contribution in [3.63, 3.8) is 0 Å². The van der Waals surface area contributed by atoms with Gasteiger partial charge in [0, 0.05) is 54.6 Å². The van der Waals surface area contributed by atoms with Gasteiger partial charge in [-0.05, 0) is 49.0 Å². The topological polar surface area (TPSA) is 98.3 Å². The normalized spacial score (nSPS) is 21.7. The van der Waals surface area contributed by atoms with Gasteiger partial charge in [0.15, 0.2) is 11.6 Å². The third-order valence-corrected chi connectivity index (χ3v) is 8.12. The van der Waals surface area contributed by atoms with Crippen molar-refractivity contribution < 1.29 is 13.9 Å². The van der Waals surface area contributed by atoms with Crippen LogP contribution in [0.2, 0.25) is 0 Å². The first-order valence-corrected chi connectivity index (χ1v) is 13.5. The van der Waals surface area contributed by atoms with E-state index in [9.17, 15) is 9.18 Å². The molecular weight excluding hydrogens is 495 g/mol. The molecule has 2 amide bonds. The number of hydrogen-bond acceptors (Lipinski definition) is 5. The Bertz CT molecular complexity index is 1460. The van der Waals surface area contributed by atoms with Gasteiger partial charge in [-0.15, -0.1) is 0 Å². The minimum Gasteiger partial charge on any atom is -0.485 e. The van der Waals surface area contributed by atoms with Crippen molar-refractivity contribution in [1.29, 1.82) is 0 Å². The van der Waals surface area contributed by atoms with Crippen LogP contribution in [-0.4, -0.2) is 45.3 Å². The number of nitrogen functional groups attached to an aromatic ring is 1. The maximum Gasteiger partial charge on any atom is 0.317 e. The summed E-state index contributed by atoms with van der Waals surface area (Å²) in [6.07, 6.45) is 11.1. The van der Waals surface area contributed by atoms with Gasteiger partial charge in [0.2, 0.25) is 0 Å². The lowest BCUT2D eigenvalue weighted by Gasteiger charge is -2.24. The number of nitrogens with two attached hydrogens (primary N) is 1. The van der Waals surface area contributed by atoms with Gasteiger partial charge in [-0.2, -0.15) is 5.10 Å². The number of anilines is 1. The number of aromatic nitrogens is 3. The lowest BCUT2D eigenvalue weighted by molar-refractivity contribution is 0.206. The van der Waals surface area contributed by atoms with Crippen LogP contribution in [0.15, 0.2) is 66.4 Å². The lowest BCUT2D eigenvalue weighted by atomic mass is 9.82. The summed E-state index contributed by atoms with van der Waals surface area (Å²) in [5, 5.41) is 7.94. The molecule has 39 heavy (non-hydrogen) atoms. The molecule has 3 aromatic rings. The molecule has 1 spiro atoms. The van der Waals surface area contributed by atoms with Crippen molar-refractivity contribution in [2.24, 2.45) is 5.92 Å². The summed E-state index contributed by atoms with van der Waals surface area (Å²) in [7, 11) is 0. The van der Waals surface area contributed by atoms with Gasteiger partial charge >= 0.3 is 6.03 Å². The number of nitrogens with zero attached hydrogens (tertiary/aromatic N) is 4. The molecule has 4 heterocycles. The predicted octanol–water partition coefficient (Wildman–Crippen LogP) is 4.82. The van der Waals surface area contributed by atoms with Crippen molar-refractivity contribution in [2.45, 2.75) is 44.8 Å². The van der Waals surface area contributed by atoms with Crippen molar-refractivity contribution in [3.8, 4) is 17.0 Å². The molecule has 9 heteroatoms. The number of carbonyl (C=O) groups excluding carboxylic acids is 1. The number of pyridine rings is 1. The predicted molar refractivity (Wildman–Crippen MR) is 147 cm³/mol. The first kappa shape index (κ1) is 25.2. The summed E-state index contributed by atoms with van der Waals surface area (Å²) in [5.41, 5.74) is 10.3. The molecule has 8 nitrogen and oxygen atoms in total. The number of amides is 2. The van der Waals surface area contributed by atoms with E-state index in [-0.39, 0.29) is 29.7 Å². The molecule has 1 saturated heterocycles. The van der Waals surface area contributed by atoms with Gasteiger partial charge in [0.05, 0.1) is 5.69 Å². The Hall–Kier alpha value is -4.14. The zero-order valence-electron chi connectivity index (χ0n) is 22.1. The Labute approximate surface area is 227 Å². The number of carbonyl (C=O) groups is 1. The average Bonchev–Trinajstić information content (AvgIpc) is 3.65. The number of urea groups is 1. The van der Waals surface area contributed by atoms with Crippen LogP contribution in [0.5, 0.6) is 5.75 Å². The van der Waals surface area contributed by atoms with E-state index in [1.54, 1.807) is 30.5 Å². The van der Waals surface area contributed by atoms with Gasteiger partial charge in [-0.1, -0.05) is 43.4 Å². The zero-order chi connectivity index (χ0) is 27.0. The van der Waals surface area contributed by atoms with Gasteiger partial charge in [0.1, 0.15) is 12.4 Å². The van der Waals surface area contributed by atoms with E-state index < -0.39 is 0 Å². The number of benzene rings is 1. The zero-order valence-corrected chi connectivity index (χ0v) is 22.1. The number of likely N-dealkylation sites (tertiary alicyclic amines) is 1. The average molecular weight is 529 g/mol. The quantitative estimate of drug-likeness (QED) is 0.478. The molecule has 3 N–H and O–H groups in total. The van der Waals surface area contributed by atoms with Crippen molar-refractivity contribution in [2.75, 3.05) is 25.4 Å². The second kappa shape index (κ2) is 10.2. The Morgan fingerprint density at radius 2 is 2.10 bits per heavy atom. The Morgan fingerprint density at radius 1 is 1.26 bits per heavy atom. The van der Waals surface area contributed by atoms with Crippen molar-refractivity contribution in [1.82, 2.24) is 25.0 Å². The highest BCUT2D eigenvalue weighted by Crippen LogP contribution is 2.44. The Balaban J connectivity index is 1.14. The standard InChI is InChI=1S/C30H33FN6O2/c1-20-6-8-21(9-7-20)16-34-29(38)36-12-10-30(19-36)11-13-37-27(30)15-25(35-37)23-14-26(28(32)33-17-23)39-18-22-4-2-3-5-24(22)31/h2-6,8-9,14-15,17,20H,7,10-13,16,18-19H2,1H3,(H2,32,33)(H,34,38). The summed E-state index contributed by atoms with van der Waals surface area (Å²) in [5.74, 6) is 0.860. The highest BCUT2D eigenvalue weighted by atomic mass is 19.1. The van der Waals surface area contributed by atoms with Gasteiger partial charge in [-0.25, -0.2) is 14.2 Å². The van der Waals surface area contributed by atoms with E-state index in [2.05, 4.69) is 41.5 Å². The highest BCUT2D eigenvalue weighted by molar-refractivity contribution is 5.75. The number of ether oxygens (including phenoxy) is 1. The summed E-state index contributed by atoms with van der Waals surface area (Å²) in [6.45, 7) is 4.99. The smallest absolute Gasteiger partial charge is 0.317 e. The monoisotopic (exact) mass is 528 g/mol. The number of nitrogens with one attached hydrogen (secondary N) is 1. The first-order chi connectivity index (χ1) is 18.9. The molecular formula is C30H33FN6O2. The molecule has 0 saturated carbocycles. The number of rotatable bonds is 6. The molecule has 202 valence electrons. The van der Waals surface area contributed by atoms with Crippen LogP contribution in [0, 0.1) is 11.7 Å². The van der Waals surface area contributed by atoms with Gasteiger partial charge in [0.25, 0.3) is 0 Å². The second-order valence-corrected chi connectivity index (χ2v) is 10.8. The minimum atomic E-state index is -0.326. The molecule has 0 radical (unpaired) electrons. The van der Waals surface area contributed by atoms with Crippen LogP contribution in [0.1, 0.15) is 37.4 Å². The Kier molecular flexibility index (Phi) is 6.58. The fraction of sp³-hybridized carbons (Fsp3) is 0.367. The maximum absolute atomic E-state index is 14.0. The molecule has 6 rings (SSSR count). The molecule has 2 unspecified atom stereocenters. The van der Waals surface area contributed by atoms with E-state index in [1.807, 2.05) is 9.58 Å². The summed E-state index contributed by atoms with van der Waals surface area (Å²) < 4.78 is 21.9. The summed E-state index contributed by atoms with van der Waals surface area (Å²) in [6, 6.07) is 10.4. The van der Waals surface area contributed by atoms with Crippen LogP contribution in [0.3, 0.4) is 0 Å². The molecule has 2 atom stereocenters. The van der Waals surface area contributed by atoms with Gasteiger partial charge < -0.3 is 20.7 Å². The van der Waals surface area contributed by atoms with Gasteiger partial charge in [-0.3, -0.25) is 4.68 Å². The van der Waals surface area contributed by atoms with E-state index in [1.165, 1.54) is 6.07 Å². The largest absolute Gasteiger partial charge is 0.485 e. The van der Waals surface area contributed by atoms with E-state index >= 15 is 0 Å². The lowest BCUT2D eigenvalue weighted by Crippen LogP contribution is -2.41. The number of aryl methyl sites for hydroxylation is 1. The van der Waals surface area contributed by atoms with E-state index in [0.717, 1.165) is 54.9 Å². The fourth-order valence-electron chi connectivity index (χ4n) is 5.74. The number of allylic oxidation sites excluding steroid dienone is 2. The molecule has 1 aromatic carbocycles. The van der Waals surface area contributed by atoms with Crippen LogP contribution in [0.25, 0.3) is 11.3 Å². The highest BCUT2D eigenvalue weighted by Gasteiger charge is 2.47. The molecule has 0 bridgehead atoms. The third kappa shape index (κ3) is 5.01. The molecule has 1 fully saturated rings. The van der Waals surface area contributed by atoms with Crippen LogP contribution in [-0.2, 0) is 18.6 Å². The summed E-state index contributed by atoms with van der Waals surface area (Å²) in [4.78, 5) is 19.2. The van der Waals surface area contributed by atoms with Crippen molar-refractivity contribution >= 4 is 11.8 Å². The number of fused-ring (bicyclic) bond motifs is 2. The second-order valence-electron chi connectivity index (χ2n) is 10.8. The van der Waals surface area contributed by atoms with Crippen LogP contribution >= 0.6 is 0 Å². The first-order valence-electron chi connectivity index (χ1n) is 13.5. The molecule has 3 aliphatic rings. The Morgan fingerprint density at radius 3 is 2.92 bits per heavy atom. The van der Waals surface area contributed by atoms with Crippen LogP contribution < -0.4 is 15.8 Å². The van der Waals surface area contributed by atoms with Crippen LogP contribution in [0.4, 0.5) is 15.0 Å². The molecule has 1 aliphatic carbocycles. The SMILES string of the molecule is CC1C=CC(CNC(=O)N2CCC3(CCn4nc(-c5cnc(N)c(OCc6ccccc6F)c5)cc43)C2)=CC1. The van der Waals surface area contributed by atoms with E-state index in [0.29, 0.717) is 30.3 Å². The number of halogens is 1. The number of hydrogen-bond donors (Lipinski definition) is 2.